The zero-order chi connectivity index (χ0) is 12.1. The number of hydrogen-bond acceptors (Lipinski definition) is 4. The summed E-state index contributed by atoms with van der Waals surface area (Å²) < 4.78 is 5.11. The van der Waals surface area contributed by atoms with E-state index in [1.807, 2.05) is 30.3 Å². The van der Waals surface area contributed by atoms with Crippen LogP contribution < -0.4 is 0 Å². The van der Waals surface area contributed by atoms with Gasteiger partial charge in [-0.25, -0.2) is 9.59 Å². The first-order chi connectivity index (χ1) is 8.29. The molecule has 0 atom stereocenters. The third-order valence-electron chi connectivity index (χ3n) is 2.56. The Bertz CT molecular complexity index is 434. The highest BCUT2D eigenvalue weighted by Crippen LogP contribution is 2.13. The van der Waals surface area contributed by atoms with Crippen LogP contribution in [0, 0.1) is 0 Å². The molecule has 0 bridgehead atoms. The second-order valence-corrected chi connectivity index (χ2v) is 3.82. The number of ether oxygens (including phenoxy) is 1. The lowest BCUT2D eigenvalue weighted by Crippen LogP contribution is -2.52. The van der Waals surface area contributed by atoms with E-state index in [1.165, 1.54) is 11.0 Å². The second-order valence-electron chi connectivity index (χ2n) is 3.82. The van der Waals surface area contributed by atoms with Crippen LogP contribution in [-0.2, 0) is 16.1 Å². The summed E-state index contributed by atoms with van der Waals surface area (Å²) in [5.74, 6) is 0. The fourth-order valence-corrected chi connectivity index (χ4v) is 1.57. The van der Waals surface area contributed by atoms with Gasteiger partial charge >= 0.3 is 6.09 Å². The maximum absolute atomic E-state index is 11.5. The molecule has 1 aliphatic heterocycles. The van der Waals surface area contributed by atoms with Crippen LogP contribution in [0.1, 0.15) is 5.56 Å². The Balaban J connectivity index is 1.74. The van der Waals surface area contributed by atoms with Crippen molar-refractivity contribution in [2.24, 2.45) is 4.99 Å². The minimum atomic E-state index is -0.369. The van der Waals surface area contributed by atoms with E-state index in [4.69, 9.17) is 4.74 Å². The van der Waals surface area contributed by atoms with Gasteiger partial charge in [-0.1, -0.05) is 30.3 Å². The van der Waals surface area contributed by atoms with Crippen molar-refractivity contribution in [2.45, 2.75) is 12.6 Å². The Labute approximate surface area is 98.7 Å². The molecule has 5 heteroatoms. The Morgan fingerprint density at radius 3 is 2.76 bits per heavy atom. The Morgan fingerprint density at radius 1 is 1.41 bits per heavy atom. The molecular weight excluding hydrogens is 220 g/mol. The molecule has 0 N–H and O–H groups in total. The monoisotopic (exact) mass is 232 g/mol. The summed E-state index contributed by atoms with van der Waals surface area (Å²) in [5.41, 5.74) is 0.948. The van der Waals surface area contributed by atoms with E-state index in [9.17, 15) is 9.59 Å². The van der Waals surface area contributed by atoms with Crippen molar-refractivity contribution >= 4 is 12.2 Å². The smallest absolute Gasteiger partial charge is 0.410 e. The SMILES string of the molecule is O=C=NC1CN(C(=O)OCc2ccccc2)C1. The topological polar surface area (TPSA) is 59.0 Å². The van der Waals surface area contributed by atoms with Crippen molar-refractivity contribution in [1.82, 2.24) is 4.90 Å². The zero-order valence-corrected chi connectivity index (χ0v) is 9.20. The van der Waals surface area contributed by atoms with E-state index in [2.05, 4.69) is 4.99 Å². The molecule has 1 amide bonds. The highest BCUT2D eigenvalue weighted by molar-refractivity contribution is 5.69. The number of benzene rings is 1. The van der Waals surface area contributed by atoms with Gasteiger partial charge in [0.15, 0.2) is 0 Å². The van der Waals surface area contributed by atoms with Crippen molar-refractivity contribution in [3.8, 4) is 0 Å². The average molecular weight is 232 g/mol. The molecule has 0 saturated carbocycles. The predicted octanol–water partition coefficient (Wildman–Crippen LogP) is 1.34. The second kappa shape index (κ2) is 5.27. The minimum Gasteiger partial charge on any atom is -0.445 e. The van der Waals surface area contributed by atoms with E-state index in [0.29, 0.717) is 13.1 Å². The molecule has 1 aromatic carbocycles. The molecule has 88 valence electrons. The van der Waals surface area contributed by atoms with Crippen LogP contribution in [-0.4, -0.2) is 36.2 Å². The number of carbonyl (C=O) groups is 1. The predicted molar refractivity (Wildman–Crippen MR) is 60.1 cm³/mol. The maximum Gasteiger partial charge on any atom is 0.410 e. The number of amides is 1. The van der Waals surface area contributed by atoms with Crippen LogP contribution in [0.3, 0.4) is 0 Å². The lowest BCUT2D eigenvalue weighted by Gasteiger charge is -2.34. The minimum absolute atomic E-state index is 0.114. The summed E-state index contributed by atoms with van der Waals surface area (Å²) in [5, 5.41) is 0. The van der Waals surface area contributed by atoms with E-state index < -0.39 is 0 Å². The first kappa shape index (κ1) is 11.4. The van der Waals surface area contributed by atoms with Crippen LogP contribution in [0.15, 0.2) is 35.3 Å². The zero-order valence-electron chi connectivity index (χ0n) is 9.20. The molecule has 0 aliphatic carbocycles. The fourth-order valence-electron chi connectivity index (χ4n) is 1.57. The summed E-state index contributed by atoms with van der Waals surface area (Å²) in [4.78, 5) is 26.5. The van der Waals surface area contributed by atoms with Crippen LogP contribution >= 0.6 is 0 Å². The molecule has 1 heterocycles. The van der Waals surface area contributed by atoms with Crippen LogP contribution in [0.5, 0.6) is 0 Å². The lowest BCUT2D eigenvalue weighted by atomic mass is 10.1. The highest BCUT2D eigenvalue weighted by atomic mass is 16.6. The van der Waals surface area contributed by atoms with Gasteiger partial charge in [-0.2, -0.15) is 4.99 Å². The number of hydrogen-bond donors (Lipinski definition) is 0. The average Bonchev–Trinajstić information content (AvgIpc) is 2.31. The summed E-state index contributed by atoms with van der Waals surface area (Å²) in [6, 6.07) is 9.36. The van der Waals surface area contributed by atoms with Crippen molar-refractivity contribution in [3.05, 3.63) is 35.9 Å². The number of rotatable bonds is 3. The number of likely N-dealkylation sites (tertiary alicyclic amines) is 1. The molecule has 1 fully saturated rings. The van der Waals surface area contributed by atoms with Crippen LogP contribution in [0.25, 0.3) is 0 Å². The highest BCUT2D eigenvalue weighted by Gasteiger charge is 2.31. The normalized spacial score (nSPS) is 14.7. The molecule has 0 unspecified atom stereocenters. The van der Waals surface area contributed by atoms with Gasteiger partial charge in [0, 0.05) is 13.1 Å². The summed E-state index contributed by atoms with van der Waals surface area (Å²) >= 11 is 0. The fraction of sp³-hybridized carbons (Fsp3) is 0.333. The van der Waals surface area contributed by atoms with Crippen LogP contribution in [0.2, 0.25) is 0 Å². The molecule has 1 aliphatic rings. The van der Waals surface area contributed by atoms with Gasteiger partial charge < -0.3 is 9.64 Å². The van der Waals surface area contributed by atoms with E-state index in [0.717, 1.165) is 5.56 Å². The quantitative estimate of drug-likeness (QED) is 0.583. The number of carbonyl (C=O) groups excluding carboxylic acids is 2. The van der Waals surface area contributed by atoms with Crippen molar-refractivity contribution in [1.29, 1.82) is 0 Å². The Hall–Kier alpha value is -2.13. The molecule has 0 radical (unpaired) electrons. The number of nitrogens with zero attached hydrogens (tertiary/aromatic N) is 2. The Morgan fingerprint density at radius 2 is 2.12 bits per heavy atom. The molecule has 0 spiro atoms. The standard InChI is InChI=1S/C12H12N2O3/c15-9-13-11-6-14(7-11)12(16)17-8-10-4-2-1-3-5-10/h1-5,11H,6-8H2. The van der Waals surface area contributed by atoms with Gasteiger partial charge in [0.2, 0.25) is 6.08 Å². The van der Waals surface area contributed by atoms with E-state index in [-0.39, 0.29) is 18.7 Å². The van der Waals surface area contributed by atoms with Crippen LogP contribution in [0.4, 0.5) is 4.79 Å². The van der Waals surface area contributed by atoms with Gasteiger partial charge in [-0.3, -0.25) is 0 Å². The third kappa shape index (κ3) is 2.92. The largest absolute Gasteiger partial charge is 0.445 e. The molecule has 2 rings (SSSR count). The summed E-state index contributed by atoms with van der Waals surface area (Å²) in [6.45, 7) is 1.13. The van der Waals surface area contributed by atoms with Gasteiger partial charge in [-0.05, 0) is 5.56 Å². The third-order valence-corrected chi connectivity index (χ3v) is 2.56. The maximum atomic E-state index is 11.5. The lowest BCUT2D eigenvalue weighted by molar-refractivity contribution is 0.0678. The molecular formula is C12H12N2O3. The van der Waals surface area contributed by atoms with Crippen molar-refractivity contribution in [3.63, 3.8) is 0 Å². The molecule has 1 saturated heterocycles. The number of isocyanates is 1. The number of aliphatic imine (C=N–C) groups is 1. The van der Waals surface area contributed by atoms with Gasteiger partial charge in [0.25, 0.3) is 0 Å². The molecule has 0 aromatic heterocycles. The molecule has 5 nitrogen and oxygen atoms in total. The Kier molecular flexibility index (Phi) is 3.52. The van der Waals surface area contributed by atoms with Gasteiger partial charge in [0.1, 0.15) is 6.61 Å². The van der Waals surface area contributed by atoms with Crippen molar-refractivity contribution in [2.75, 3.05) is 13.1 Å². The summed E-state index contributed by atoms with van der Waals surface area (Å²) in [6.07, 6.45) is 1.11. The van der Waals surface area contributed by atoms with Crippen molar-refractivity contribution < 1.29 is 14.3 Å². The van der Waals surface area contributed by atoms with E-state index in [1.54, 1.807) is 0 Å². The van der Waals surface area contributed by atoms with E-state index >= 15 is 0 Å². The molecule has 17 heavy (non-hydrogen) atoms. The first-order valence-electron chi connectivity index (χ1n) is 5.32. The molecule has 1 aromatic rings. The van der Waals surface area contributed by atoms with Gasteiger partial charge in [0.05, 0.1) is 6.04 Å². The van der Waals surface area contributed by atoms with Gasteiger partial charge in [-0.15, -0.1) is 0 Å². The summed E-state index contributed by atoms with van der Waals surface area (Å²) in [7, 11) is 0. The first-order valence-corrected chi connectivity index (χ1v) is 5.32.